The average molecular weight is 267 g/mol. The van der Waals surface area contributed by atoms with E-state index in [0.717, 1.165) is 16.3 Å². The lowest BCUT2D eigenvalue weighted by atomic mass is 10.3. The number of rotatable bonds is 5. The number of thiazole rings is 1. The van der Waals surface area contributed by atoms with E-state index in [9.17, 15) is 4.79 Å². The summed E-state index contributed by atoms with van der Waals surface area (Å²) in [5, 5.41) is 9.86. The minimum Gasteiger partial charge on any atom is -0.481 e. The number of nitrogens with zero attached hydrogens (tertiary/aromatic N) is 1. The largest absolute Gasteiger partial charge is 0.481 e. The van der Waals surface area contributed by atoms with Gasteiger partial charge in [-0.2, -0.15) is 11.8 Å². The molecule has 1 N–H and O–H groups in total. The number of benzene rings is 1. The molecule has 2 rings (SSSR count). The number of aromatic nitrogens is 1. The fraction of sp³-hybridized carbons (Fsp3) is 0.333. The van der Waals surface area contributed by atoms with Crippen LogP contribution in [-0.2, 0) is 10.5 Å². The van der Waals surface area contributed by atoms with Gasteiger partial charge in [0, 0.05) is 11.0 Å². The first-order valence-electron chi connectivity index (χ1n) is 5.33. The summed E-state index contributed by atoms with van der Waals surface area (Å²) in [5.74, 6) is 0.0441. The molecule has 0 aliphatic heterocycles. The van der Waals surface area contributed by atoms with Crippen molar-refractivity contribution >= 4 is 39.3 Å². The Labute approximate surface area is 108 Å². The van der Waals surface area contributed by atoms with Gasteiger partial charge in [0.15, 0.2) is 0 Å². The summed E-state index contributed by atoms with van der Waals surface area (Å²) in [6.07, 6.45) is 0.204. The first-order chi connectivity index (χ1) is 8.15. The monoisotopic (exact) mass is 267 g/mol. The molecule has 0 aliphatic rings. The van der Waals surface area contributed by atoms with Gasteiger partial charge in [0.05, 0.1) is 16.6 Å². The number of para-hydroxylation sites is 1. The molecule has 0 amide bonds. The van der Waals surface area contributed by atoms with Gasteiger partial charge in [-0.05, 0) is 12.1 Å². The molecule has 17 heavy (non-hydrogen) atoms. The van der Waals surface area contributed by atoms with Gasteiger partial charge >= 0.3 is 5.97 Å². The zero-order valence-electron chi connectivity index (χ0n) is 9.42. The molecule has 0 saturated heterocycles. The number of hydrogen-bond donors (Lipinski definition) is 1. The van der Waals surface area contributed by atoms with E-state index < -0.39 is 5.97 Å². The number of hydrogen-bond acceptors (Lipinski definition) is 4. The standard InChI is InChI=1S/C12H13NO2S2/c1-8(6-12(14)15)16-7-11-13-9-4-2-3-5-10(9)17-11/h2-5,8H,6-7H2,1H3,(H,14,15). The van der Waals surface area contributed by atoms with Crippen molar-refractivity contribution in [2.75, 3.05) is 0 Å². The second kappa shape index (κ2) is 5.51. The molecule has 2 aromatic rings. The van der Waals surface area contributed by atoms with Crippen LogP contribution in [0.1, 0.15) is 18.4 Å². The maximum Gasteiger partial charge on any atom is 0.304 e. The lowest BCUT2D eigenvalue weighted by Gasteiger charge is -2.05. The molecule has 5 heteroatoms. The van der Waals surface area contributed by atoms with Crippen molar-refractivity contribution in [3.63, 3.8) is 0 Å². The van der Waals surface area contributed by atoms with Crippen molar-refractivity contribution < 1.29 is 9.90 Å². The van der Waals surface area contributed by atoms with Gasteiger partial charge in [0.1, 0.15) is 5.01 Å². The number of carboxylic acid groups (broad SMARTS) is 1. The van der Waals surface area contributed by atoms with E-state index in [-0.39, 0.29) is 11.7 Å². The Kier molecular flexibility index (Phi) is 4.02. The molecular formula is C12H13NO2S2. The molecule has 1 heterocycles. The third-order valence-corrected chi connectivity index (χ3v) is 4.69. The van der Waals surface area contributed by atoms with Crippen LogP contribution in [0.4, 0.5) is 0 Å². The van der Waals surface area contributed by atoms with Crippen LogP contribution in [0.15, 0.2) is 24.3 Å². The Morgan fingerprint density at radius 1 is 1.53 bits per heavy atom. The summed E-state index contributed by atoms with van der Waals surface area (Å²) in [6.45, 7) is 1.94. The van der Waals surface area contributed by atoms with E-state index in [0.29, 0.717) is 0 Å². The van der Waals surface area contributed by atoms with E-state index in [1.807, 2.05) is 25.1 Å². The van der Waals surface area contributed by atoms with Crippen molar-refractivity contribution in [3.05, 3.63) is 29.3 Å². The minimum absolute atomic E-state index is 0.125. The van der Waals surface area contributed by atoms with Gasteiger partial charge in [0.2, 0.25) is 0 Å². The van der Waals surface area contributed by atoms with Crippen LogP contribution in [-0.4, -0.2) is 21.3 Å². The minimum atomic E-state index is -0.741. The molecule has 3 nitrogen and oxygen atoms in total. The normalized spacial score (nSPS) is 12.8. The van der Waals surface area contributed by atoms with Gasteiger partial charge in [0.25, 0.3) is 0 Å². The van der Waals surface area contributed by atoms with E-state index in [2.05, 4.69) is 11.1 Å². The summed E-state index contributed by atoms with van der Waals surface area (Å²) >= 11 is 3.32. The van der Waals surface area contributed by atoms with Crippen molar-refractivity contribution in [1.82, 2.24) is 4.98 Å². The third-order valence-electron chi connectivity index (χ3n) is 2.29. The average Bonchev–Trinajstić information content (AvgIpc) is 2.68. The molecule has 0 fully saturated rings. The summed E-state index contributed by atoms with van der Waals surface area (Å²) in [7, 11) is 0. The van der Waals surface area contributed by atoms with Crippen molar-refractivity contribution in [2.45, 2.75) is 24.3 Å². The van der Waals surface area contributed by atoms with E-state index in [4.69, 9.17) is 5.11 Å². The molecule has 0 spiro atoms. The van der Waals surface area contributed by atoms with Crippen molar-refractivity contribution in [1.29, 1.82) is 0 Å². The molecule has 1 aromatic heterocycles. The van der Waals surface area contributed by atoms with Gasteiger partial charge in [-0.3, -0.25) is 4.79 Å². The molecule has 90 valence electrons. The third kappa shape index (κ3) is 3.44. The summed E-state index contributed by atoms with van der Waals surface area (Å²) in [5.41, 5.74) is 1.03. The number of carbonyl (C=O) groups is 1. The lowest BCUT2D eigenvalue weighted by Crippen LogP contribution is -2.05. The quantitative estimate of drug-likeness (QED) is 0.902. The van der Waals surface area contributed by atoms with Crippen molar-refractivity contribution in [3.8, 4) is 0 Å². The van der Waals surface area contributed by atoms with Gasteiger partial charge in [-0.25, -0.2) is 4.98 Å². The van der Waals surface area contributed by atoms with Crippen LogP contribution in [0, 0.1) is 0 Å². The van der Waals surface area contributed by atoms with E-state index >= 15 is 0 Å². The van der Waals surface area contributed by atoms with E-state index in [1.165, 1.54) is 4.70 Å². The Balaban J connectivity index is 1.97. The van der Waals surface area contributed by atoms with Gasteiger partial charge < -0.3 is 5.11 Å². The number of fused-ring (bicyclic) bond motifs is 1. The molecule has 0 radical (unpaired) electrons. The Morgan fingerprint density at radius 3 is 3.00 bits per heavy atom. The summed E-state index contributed by atoms with van der Waals surface area (Å²) < 4.78 is 1.19. The highest BCUT2D eigenvalue weighted by Crippen LogP contribution is 2.27. The van der Waals surface area contributed by atoms with Crippen LogP contribution < -0.4 is 0 Å². The smallest absolute Gasteiger partial charge is 0.304 e. The van der Waals surface area contributed by atoms with E-state index in [1.54, 1.807) is 23.1 Å². The summed E-state index contributed by atoms with van der Waals surface area (Å²) in [4.78, 5) is 15.0. The van der Waals surface area contributed by atoms with Crippen molar-refractivity contribution in [2.24, 2.45) is 0 Å². The Bertz CT molecular complexity index is 491. The molecule has 0 saturated carbocycles. The fourth-order valence-corrected chi connectivity index (χ4v) is 3.45. The topological polar surface area (TPSA) is 50.2 Å². The maximum absolute atomic E-state index is 10.5. The fourth-order valence-electron chi connectivity index (χ4n) is 1.50. The molecule has 0 aliphatic carbocycles. The highest BCUT2D eigenvalue weighted by Gasteiger charge is 2.10. The second-order valence-electron chi connectivity index (χ2n) is 3.79. The van der Waals surface area contributed by atoms with Crippen LogP contribution in [0.5, 0.6) is 0 Å². The van der Waals surface area contributed by atoms with Crippen LogP contribution in [0.25, 0.3) is 10.2 Å². The number of carboxylic acids is 1. The predicted molar refractivity (Wildman–Crippen MR) is 72.6 cm³/mol. The maximum atomic E-state index is 10.5. The molecular weight excluding hydrogens is 254 g/mol. The van der Waals surface area contributed by atoms with Gasteiger partial charge in [-0.1, -0.05) is 19.1 Å². The zero-order chi connectivity index (χ0) is 12.3. The molecule has 1 unspecified atom stereocenters. The van der Waals surface area contributed by atoms with Gasteiger partial charge in [-0.15, -0.1) is 11.3 Å². The highest BCUT2D eigenvalue weighted by atomic mass is 32.2. The first-order valence-corrected chi connectivity index (χ1v) is 7.19. The highest BCUT2D eigenvalue weighted by molar-refractivity contribution is 7.99. The first kappa shape index (κ1) is 12.4. The predicted octanol–water partition coefficient (Wildman–Crippen LogP) is 3.39. The molecule has 0 bridgehead atoms. The van der Waals surface area contributed by atoms with Crippen LogP contribution >= 0.6 is 23.1 Å². The SMILES string of the molecule is CC(CC(=O)O)SCc1nc2ccccc2s1. The number of aliphatic carboxylic acids is 1. The molecule has 1 aromatic carbocycles. The molecule has 1 atom stereocenters. The lowest BCUT2D eigenvalue weighted by molar-refractivity contribution is -0.136. The number of thioether (sulfide) groups is 1. The van der Waals surface area contributed by atoms with Crippen LogP contribution in [0.3, 0.4) is 0 Å². The zero-order valence-corrected chi connectivity index (χ0v) is 11.1. The second-order valence-corrected chi connectivity index (χ2v) is 6.34. The Hall–Kier alpha value is -1.07. The Morgan fingerprint density at radius 2 is 2.29 bits per heavy atom. The van der Waals surface area contributed by atoms with Crippen LogP contribution in [0.2, 0.25) is 0 Å². The summed E-state index contributed by atoms with van der Waals surface area (Å²) in [6, 6.07) is 8.04.